The third-order valence-electron chi connectivity index (χ3n) is 3.93. The van der Waals surface area contributed by atoms with E-state index in [1.165, 1.54) is 12.5 Å². The van der Waals surface area contributed by atoms with Crippen molar-refractivity contribution < 1.29 is 15.3 Å². The summed E-state index contributed by atoms with van der Waals surface area (Å²) in [7, 11) is 1.59. The fourth-order valence-corrected chi connectivity index (χ4v) is 2.67. The van der Waals surface area contributed by atoms with Crippen LogP contribution in [0.5, 0.6) is 5.75 Å². The number of benzene rings is 1. The Morgan fingerprint density at radius 2 is 2.19 bits per heavy atom. The number of methoxy groups -OCH3 is 1. The second kappa shape index (κ2) is 10.4. The number of anilines is 2. The molecular weight excluding hydrogens is 367 g/mol. The monoisotopic (exact) mass is 392 g/mol. The van der Waals surface area contributed by atoms with Crippen molar-refractivity contribution in [2.45, 2.75) is 19.3 Å². The highest BCUT2D eigenvalue weighted by atomic mass is 32.1. The summed E-state index contributed by atoms with van der Waals surface area (Å²) in [6.45, 7) is 5.29. The van der Waals surface area contributed by atoms with Gasteiger partial charge in [-0.1, -0.05) is 24.9 Å². The third kappa shape index (κ3) is 6.49. The number of piperidine rings is 1. The van der Waals surface area contributed by atoms with Crippen LogP contribution < -0.4 is 10.1 Å². The zero-order chi connectivity index (χ0) is 19.6. The molecule has 27 heavy (non-hydrogen) atoms. The second-order valence-electron chi connectivity index (χ2n) is 5.86. The van der Waals surface area contributed by atoms with Crippen molar-refractivity contribution in [3.8, 4) is 5.75 Å². The van der Waals surface area contributed by atoms with Crippen molar-refractivity contribution in [2.75, 3.05) is 25.5 Å². The maximum Gasteiger partial charge on any atom is 0.245 e. The summed E-state index contributed by atoms with van der Waals surface area (Å²) in [6, 6.07) is 7.29. The van der Waals surface area contributed by atoms with E-state index in [1.807, 2.05) is 23.1 Å². The van der Waals surface area contributed by atoms with Gasteiger partial charge < -0.3 is 19.9 Å². The lowest BCUT2D eigenvalue weighted by Gasteiger charge is -2.25. The lowest BCUT2D eigenvalue weighted by Crippen LogP contribution is -2.34. The van der Waals surface area contributed by atoms with E-state index < -0.39 is 5.82 Å². The maximum atomic E-state index is 12.9. The number of aromatic amines is 1. The van der Waals surface area contributed by atoms with E-state index >= 15 is 0 Å². The van der Waals surface area contributed by atoms with Crippen LogP contribution in [0.2, 0.25) is 0 Å². The molecule has 6 nitrogen and oxygen atoms in total. The summed E-state index contributed by atoms with van der Waals surface area (Å²) in [5, 5.41) is 2.97. The molecule has 1 aromatic heterocycles. The standard InChI is InChI=1S/C11H10FN3OS.C8H13NO.H2/c1-16-8-4-2-3-7(5-8)14-11-13-6-9(12)10(17)15-11;1-2-8(10)9-6-4-3-5-7-9;/h2-6H,1H3,(H2,13,14,15,17);2H,1,3-7H2;1H. The molecule has 0 saturated carbocycles. The molecule has 1 saturated heterocycles. The van der Waals surface area contributed by atoms with Crippen LogP contribution in [-0.4, -0.2) is 41.0 Å². The van der Waals surface area contributed by atoms with Gasteiger partial charge in [0.05, 0.1) is 13.3 Å². The Kier molecular flexibility index (Phi) is 7.94. The molecule has 0 radical (unpaired) electrons. The van der Waals surface area contributed by atoms with Gasteiger partial charge in [0.2, 0.25) is 11.9 Å². The Bertz CT molecular complexity index is 841. The van der Waals surface area contributed by atoms with Crippen LogP contribution in [0.3, 0.4) is 0 Å². The molecule has 0 aliphatic carbocycles. The zero-order valence-corrected chi connectivity index (χ0v) is 16.0. The van der Waals surface area contributed by atoms with Crippen molar-refractivity contribution in [1.82, 2.24) is 14.9 Å². The molecule has 8 heteroatoms. The smallest absolute Gasteiger partial charge is 0.245 e. The Morgan fingerprint density at radius 1 is 1.44 bits per heavy atom. The number of amides is 1. The summed E-state index contributed by atoms with van der Waals surface area (Å²) < 4.78 is 18.0. The summed E-state index contributed by atoms with van der Waals surface area (Å²) in [5.74, 6) is 0.635. The van der Waals surface area contributed by atoms with Crippen LogP contribution in [0.1, 0.15) is 20.7 Å². The van der Waals surface area contributed by atoms with E-state index in [2.05, 4.69) is 21.9 Å². The first-order valence-corrected chi connectivity index (χ1v) is 9.01. The van der Waals surface area contributed by atoms with Gasteiger partial charge in [0.25, 0.3) is 0 Å². The van der Waals surface area contributed by atoms with E-state index in [1.54, 1.807) is 13.2 Å². The lowest BCUT2D eigenvalue weighted by atomic mass is 10.1. The number of hydrogen-bond donors (Lipinski definition) is 2. The summed E-state index contributed by atoms with van der Waals surface area (Å²) in [4.78, 5) is 19.3. The van der Waals surface area contributed by atoms with Gasteiger partial charge >= 0.3 is 0 Å². The minimum atomic E-state index is -0.545. The third-order valence-corrected chi connectivity index (χ3v) is 4.23. The highest BCUT2D eigenvalue weighted by Gasteiger charge is 2.12. The number of rotatable bonds is 4. The predicted molar refractivity (Wildman–Crippen MR) is 108 cm³/mol. The molecule has 2 aromatic rings. The Morgan fingerprint density at radius 3 is 2.81 bits per heavy atom. The minimum absolute atomic E-state index is 0. The van der Waals surface area contributed by atoms with E-state index in [9.17, 15) is 9.18 Å². The number of ether oxygens (including phenoxy) is 1. The van der Waals surface area contributed by atoms with Crippen LogP contribution in [-0.2, 0) is 4.79 Å². The van der Waals surface area contributed by atoms with Crippen molar-refractivity contribution in [3.05, 3.63) is 53.6 Å². The molecule has 1 fully saturated rings. The molecule has 1 aliphatic heterocycles. The summed E-state index contributed by atoms with van der Waals surface area (Å²) >= 11 is 4.77. The zero-order valence-electron chi connectivity index (χ0n) is 15.2. The molecule has 0 atom stereocenters. The molecule has 2 heterocycles. The SMILES string of the molecule is C=CC(=O)N1CCCCC1.COc1cccc(Nc2ncc(F)c(=S)[nH]2)c1.[HH]. The van der Waals surface area contributed by atoms with Crippen LogP contribution in [0, 0.1) is 10.5 Å². The Hall–Kier alpha value is -2.74. The number of carbonyl (C=O) groups is 1. The van der Waals surface area contributed by atoms with Gasteiger partial charge in [0.15, 0.2) is 5.82 Å². The number of nitrogens with one attached hydrogen (secondary N) is 2. The van der Waals surface area contributed by atoms with Crippen LogP contribution in [0.15, 0.2) is 43.1 Å². The number of likely N-dealkylation sites (tertiary alicyclic amines) is 1. The van der Waals surface area contributed by atoms with Gasteiger partial charge in [-0.15, -0.1) is 0 Å². The van der Waals surface area contributed by atoms with Gasteiger partial charge in [0, 0.05) is 26.3 Å². The van der Waals surface area contributed by atoms with E-state index in [4.69, 9.17) is 17.0 Å². The van der Waals surface area contributed by atoms with E-state index in [-0.39, 0.29) is 12.0 Å². The average molecular weight is 393 g/mol. The average Bonchev–Trinajstić information content (AvgIpc) is 2.71. The van der Waals surface area contributed by atoms with E-state index in [0.29, 0.717) is 5.95 Å². The number of H-pyrrole nitrogens is 1. The number of nitrogens with zero attached hydrogens (tertiary/aromatic N) is 2. The summed E-state index contributed by atoms with van der Waals surface area (Å²) in [5.41, 5.74) is 0.772. The normalized spacial score (nSPS) is 13.2. The van der Waals surface area contributed by atoms with Gasteiger partial charge in [-0.2, -0.15) is 0 Å². The number of hydrogen-bond acceptors (Lipinski definition) is 5. The molecule has 1 aromatic carbocycles. The van der Waals surface area contributed by atoms with Crippen molar-refractivity contribution in [3.63, 3.8) is 0 Å². The minimum Gasteiger partial charge on any atom is -0.497 e. The maximum absolute atomic E-state index is 12.9. The van der Waals surface area contributed by atoms with Crippen LogP contribution in [0.25, 0.3) is 0 Å². The highest BCUT2D eigenvalue weighted by molar-refractivity contribution is 7.71. The molecule has 0 spiro atoms. The quantitative estimate of drug-likeness (QED) is 0.594. The van der Waals surface area contributed by atoms with Crippen LogP contribution in [0.4, 0.5) is 16.0 Å². The Labute approximate surface area is 164 Å². The van der Waals surface area contributed by atoms with Gasteiger partial charge in [-0.3, -0.25) is 4.79 Å². The number of aromatic nitrogens is 2. The van der Waals surface area contributed by atoms with Crippen molar-refractivity contribution >= 4 is 29.8 Å². The van der Waals surface area contributed by atoms with Gasteiger partial charge in [-0.05, 0) is 37.5 Å². The highest BCUT2D eigenvalue weighted by Crippen LogP contribution is 2.19. The first-order valence-electron chi connectivity index (χ1n) is 8.60. The van der Waals surface area contributed by atoms with E-state index in [0.717, 1.165) is 43.6 Å². The Balaban J connectivity index is 0.000000307. The van der Waals surface area contributed by atoms with Gasteiger partial charge in [-0.25, -0.2) is 9.37 Å². The number of carbonyl (C=O) groups excluding carboxylic acids is 1. The van der Waals surface area contributed by atoms with Crippen molar-refractivity contribution in [1.29, 1.82) is 0 Å². The fourth-order valence-electron chi connectivity index (χ4n) is 2.52. The van der Waals surface area contributed by atoms with Crippen molar-refractivity contribution in [2.24, 2.45) is 0 Å². The van der Waals surface area contributed by atoms with Crippen LogP contribution >= 0.6 is 12.2 Å². The molecule has 1 aliphatic rings. The second-order valence-corrected chi connectivity index (χ2v) is 6.26. The molecule has 0 unspecified atom stereocenters. The molecule has 146 valence electrons. The first kappa shape index (κ1) is 20.6. The molecule has 0 bridgehead atoms. The van der Waals surface area contributed by atoms with Gasteiger partial charge in [0.1, 0.15) is 10.4 Å². The predicted octanol–water partition coefficient (Wildman–Crippen LogP) is 4.46. The first-order chi connectivity index (χ1) is 13.0. The molecule has 3 rings (SSSR count). The molecule has 2 N–H and O–H groups in total. The summed E-state index contributed by atoms with van der Waals surface area (Å²) in [6.07, 6.45) is 6.03. The fraction of sp³-hybridized carbons (Fsp3) is 0.316. The largest absolute Gasteiger partial charge is 0.497 e. The molecular formula is C19H25FN4O2S. The molecule has 1 amide bonds. The lowest BCUT2D eigenvalue weighted by molar-refractivity contribution is -0.126. The number of halogens is 1. The topological polar surface area (TPSA) is 70.2 Å².